The van der Waals surface area contributed by atoms with Crippen molar-refractivity contribution in [3.63, 3.8) is 0 Å². The average Bonchev–Trinajstić information content (AvgIpc) is 1.66. The van der Waals surface area contributed by atoms with Gasteiger partial charge in [-0.05, 0) is 0 Å². The lowest BCUT2D eigenvalue weighted by Gasteiger charge is -2.01. The van der Waals surface area contributed by atoms with Gasteiger partial charge in [0.25, 0.3) is 0 Å². The highest BCUT2D eigenvalue weighted by molar-refractivity contribution is 4.86. The largest absolute Gasteiger partial charge is 0.377 e. The van der Waals surface area contributed by atoms with Gasteiger partial charge in [-0.15, -0.1) is 6.42 Å². The summed E-state index contributed by atoms with van der Waals surface area (Å²) in [6.07, 6.45) is 4.08. The molecule has 1 unspecified atom stereocenters. The number of aliphatic hydroxyl groups is 1. The number of rotatable bonds is 3. The fraction of sp³-hybridized carbons (Fsp3) is 0.600. The van der Waals surface area contributed by atoms with E-state index in [4.69, 9.17) is 17.3 Å². The first-order valence-corrected chi connectivity index (χ1v) is 2.35. The molecule has 3 nitrogen and oxygen atoms in total. The second-order valence-corrected chi connectivity index (χ2v) is 1.40. The summed E-state index contributed by atoms with van der Waals surface area (Å²) in [4.78, 5) is 0. The maximum Gasteiger partial charge on any atom is 0.115 e. The van der Waals surface area contributed by atoms with Gasteiger partial charge in [-0.2, -0.15) is 0 Å². The van der Waals surface area contributed by atoms with E-state index in [1.807, 2.05) is 0 Å². The lowest BCUT2D eigenvalue weighted by atomic mass is 10.5. The lowest BCUT2D eigenvalue weighted by Crippen LogP contribution is -2.33. The van der Waals surface area contributed by atoms with Crippen LogP contribution in [0, 0.1) is 12.3 Å². The standard InChI is InChI=1S/C5H10N2O/c1-2-3-7-4-5(6)8/h1,5,7-8H,3-4,6H2. The van der Waals surface area contributed by atoms with Crippen LogP contribution in [0.4, 0.5) is 0 Å². The van der Waals surface area contributed by atoms with E-state index in [-0.39, 0.29) is 0 Å². The summed E-state index contributed by atoms with van der Waals surface area (Å²) in [7, 11) is 0. The molecule has 0 rings (SSSR count). The molecule has 8 heavy (non-hydrogen) atoms. The summed E-state index contributed by atoms with van der Waals surface area (Å²) in [6, 6.07) is 0. The van der Waals surface area contributed by atoms with Crippen molar-refractivity contribution in [1.29, 1.82) is 0 Å². The van der Waals surface area contributed by atoms with E-state index in [0.29, 0.717) is 13.1 Å². The summed E-state index contributed by atoms with van der Waals surface area (Å²) >= 11 is 0. The van der Waals surface area contributed by atoms with Gasteiger partial charge in [0.1, 0.15) is 6.23 Å². The highest BCUT2D eigenvalue weighted by Gasteiger charge is 1.89. The van der Waals surface area contributed by atoms with Gasteiger partial charge in [0, 0.05) is 6.54 Å². The Morgan fingerprint density at radius 2 is 2.50 bits per heavy atom. The van der Waals surface area contributed by atoms with Gasteiger partial charge in [-0.25, -0.2) is 0 Å². The minimum absolute atomic E-state index is 0.351. The van der Waals surface area contributed by atoms with Crippen LogP contribution in [0.15, 0.2) is 0 Å². The number of hydrogen-bond acceptors (Lipinski definition) is 3. The van der Waals surface area contributed by atoms with E-state index < -0.39 is 6.23 Å². The van der Waals surface area contributed by atoms with Crippen molar-refractivity contribution in [3.05, 3.63) is 0 Å². The number of nitrogens with two attached hydrogens (primary N) is 1. The molecule has 0 aliphatic heterocycles. The molecule has 0 fully saturated rings. The molecule has 0 aliphatic carbocycles. The van der Waals surface area contributed by atoms with Gasteiger partial charge in [0.15, 0.2) is 0 Å². The molecule has 0 bridgehead atoms. The minimum Gasteiger partial charge on any atom is -0.377 e. The second kappa shape index (κ2) is 4.60. The molecule has 4 N–H and O–H groups in total. The molecule has 3 heteroatoms. The van der Waals surface area contributed by atoms with Crippen molar-refractivity contribution in [2.24, 2.45) is 5.73 Å². The Hall–Kier alpha value is -0.560. The predicted molar refractivity (Wildman–Crippen MR) is 31.9 cm³/mol. The quantitative estimate of drug-likeness (QED) is 0.237. The molecule has 0 saturated heterocycles. The van der Waals surface area contributed by atoms with Crippen molar-refractivity contribution >= 4 is 0 Å². The highest BCUT2D eigenvalue weighted by Crippen LogP contribution is 1.61. The monoisotopic (exact) mass is 114 g/mol. The molecule has 46 valence electrons. The first-order valence-electron chi connectivity index (χ1n) is 2.35. The van der Waals surface area contributed by atoms with Gasteiger partial charge < -0.3 is 16.2 Å². The molecule has 0 saturated carbocycles. The third-order valence-electron chi connectivity index (χ3n) is 0.581. The molecule has 0 amide bonds. The van der Waals surface area contributed by atoms with E-state index in [9.17, 15) is 0 Å². The predicted octanol–water partition coefficient (Wildman–Crippen LogP) is -1.51. The number of hydrogen-bond donors (Lipinski definition) is 3. The summed E-state index contributed by atoms with van der Waals surface area (Å²) < 4.78 is 0. The van der Waals surface area contributed by atoms with Crippen molar-refractivity contribution in [2.75, 3.05) is 13.1 Å². The molecule has 0 heterocycles. The Labute approximate surface area is 48.9 Å². The Bertz CT molecular complexity index is 84.9. The zero-order valence-corrected chi connectivity index (χ0v) is 4.59. The van der Waals surface area contributed by atoms with Crippen LogP contribution in [0.2, 0.25) is 0 Å². The van der Waals surface area contributed by atoms with E-state index in [2.05, 4.69) is 11.2 Å². The van der Waals surface area contributed by atoms with Crippen LogP contribution in [0.5, 0.6) is 0 Å². The number of aliphatic hydroxyl groups excluding tert-OH is 1. The maximum absolute atomic E-state index is 8.43. The van der Waals surface area contributed by atoms with Gasteiger partial charge >= 0.3 is 0 Å². The molecule has 0 radical (unpaired) electrons. The van der Waals surface area contributed by atoms with Gasteiger partial charge in [-0.1, -0.05) is 5.92 Å². The van der Waals surface area contributed by atoms with E-state index in [0.717, 1.165) is 0 Å². The van der Waals surface area contributed by atoms with Crippen LogP contribution in [-0.2, 0) is 0 Å². The number of nitrogens with one attached hydrogen (secondary N) is 1. The second-order valence-electron chi connectivity index (χ2n) is 1.40. The first kappa shape index (κ1) is 7.44. The summed E-state index contributed by atoms with van der Waals surface area (Å²) in [6.45, 7) is 0.804. The first-order chi connectivity index (χ1) is 3.77. The van der Waals surface area contributed by atoms with Crippen molar-refractivity contribution < 1.29 is 5.11 Å². The fourth-order valence-electron chi connectivity index (χ4n) is 0.292. The van der Waals surface area contributed by atoms with Crippen LogP contribution >= 0.6 is 0 Å². The van der Waals surface area contributed by atoms with Crippen LogP contribution in [0.3, 0.4) is 0 Å². The molecule has 0 aromatic rings. The molecule has 0 aliphatic rings. The molecule has 0 aromatic heterocycles. The molecule has 1 atom stereocenters. The zero-order chi connectivity index (χ0) is 6.41. The molecular formula is C5H10N2O. The average molecular weight is 114 g/mol. The van der Waals surface area contributed by atoms with Crippen molar-refractivity contribution in [1.82, 2.24) is 5.32 Å². The van der Waals surface area contributed by atoms with Crippen molar-refractivity contribution in [3.8, 4) is 12.3 Å². The number of terminal acetylenes is 1. The SMILES string of the molecule is C#CCNCC(N)O. The Balaban J connectivity index is 2.85. The smallest absolute Gasteiger partial charge is 0.115 e. The highest BCUT2D eigenvalue weighted by atomic mass is 16.3. The van der Waals surface area contributed by atoms with Gasteiger partial charge in [0.2, 0.25) is 0 Å². The van der Waals surface area contributed by atoms with Crippen LogP contribution in [0.25, 0.3) is 0 Å². The van der Waals surface area contributed by atoms with E-state index in [1.54, 1.807) is 0 Å². The van der Waals surface area contributed by atoms with Crippen molar-refractivity contribution in [2.45, 2.75) is 6.23 Å². The minimum atomic E-state index is -0.802. The normalized spacial score (nSPS) is 12.6. The zero-order valence-electron chi connectivity index (χ0n) is 4.59. The third-order valence-corrected chi connectivity index (χ3v) is 0.581. The topological polar surface area (TPSA) is 58.3 Å². The molecular weight excluding hydrogens is 104 g/mol. The van der Waals surface area contributed by atoms with Gasteiger partial charge in [0.05, 0.1) is 6.54 Å². The third kappa shape index (κ3) is 5.44. The molecule has 0 aromatic carbocycles. The summed E-state index contributed by atoms with van der Waals surface area (Å²) in [5.74, 6) is 2.35. The maximum atomic E-state index is 8.43. The van der Waals surface area contributed by atoms with Crippen LogP contribution < -0.4 is 11.1 Å². The fourth-order valence-corrected chi connectivity index (χ4v) is 0.292. The Morgan fingerprint density at radius 3 is 2.88 bits per heavy atom. The van der Waals surface area contributed by atoms with E-state index >= 15 is 0 Å². The summed E-state index contributed by atoms with van der Waals surface area (Å²) in [5, 5.41) is 11.1. The van der Waals surface area contributed by atoms with Crippen LogP contribution in [0.1, 0.15) is 0 Å². The Morgan fingerprint density at radius 1 is 1.88 bits per heavy atom. The molecule has 0 spiro atoms. The summed E-state index contributed by atoms with van der Waals surface area (Å²) in [5.41, 5.74) is 4.96. The van der Waals surface area contributed by atoms with E-state index in [1.165, 1.54) is 0 Å². The van der Waals surface area contributed by atoms with Gasteiger partial charge in [-0.3, -0.25) is 0 Å². The lowest BCUT2D eigenvalue weighted by molar-refractivity contribution is 0.181. The van der Waals surface area contributed by atoms with Crippen LogP contribution in [-0.4, -0.2) is 24.4 Å². The Kier molecular flexibility index (Phi) is 4.27.